The molecule has 6 heteroatoms. The Morgan fingerprint density at radius 3 is 2.41 bits per heavy atom. The van der Waals surface area contributed by atoms with E-state index in [1.54, 1.807) is 35.8 Å². The first-order valence-corrected chi connectivity index (χ1v) is 9.28. The molecule has 3 aromatic rings. The molecule has 27 heavy (non-hydrogen) atoms. The maximum absolute atomic E-state index is 12.8. The topological polar surface area (TPSA) is 70.5 Å². The Morgan fingerprint density at radius 1 is 1.07 bits per heavy atom. The first-order valence-electron chi connectivity index (χ1n) is 8.40. The van der Waals surface area contributed by atoms with Crippen LogP contribution in [0.15, 0.2) is 71.7 Å². The SMILES string of the molecule is Cc1ccc(C2/C(=C(\O)c3ccccc3)C(=O)C(=O)N2c2nccs2)cc1. The zero-order valence-corrected chi connectivity index (χ0v) is 15.3. The van der Waals surface area contributed by atoms with Crippen molar-refractivity contribution >= 4 is 33.9 Å². The second-order valence-corrected chi connectivity index (χ2v) is 7.13. The number of aryl methyl sites for hydroxylation is 1. The van der Waals surface area contributed by atoms with Gasteiger partial charge in [0.25, 0.3) is 5.78 Å². The van der Waals surface area contributed by atoms with Gasteiger partial charge in [-0.25, -0.2) is 4.98 Å². The van der Waals surface area contributed by atoms with E-state index in [1.165, 1.54) is 16.2 Å². The van der Waals surface area contributed by atoms with E-state index in [0.717, 1.165) is 11.1 Å². The summed E-state index contributed by atoms with van der Waals surface area (Å²) >= 11 is 1.27. The number of carbonyl (C=O) groups is 2. The molecule has 5 nitrogen and oxygen atoms in total. The van der Waals surface area contributed by atoms with Gasteiger partial charge in [0.15, 0.2) is 5.13 Å². The van der Waals surface area contributed by atoms with Crippen LogP contribution >= 0.6 is 11.3 Å². The van der Waals surface area contributed by atoms with Crippen molar-refractivity contribution in [3.8, 4) is 0 Å². The van der Waals surface area contributed by atoms with Gasteiger partial charge in [0, 0.05) is 17.1 Å². The number of hydrogen-bond donors (Lipinski definition) is 1. The van der Waals surface area contributed by atoms with Crippen LogP contribution in [0.4, 0.5) is 5.13 Å². The lowest BCUT2D eigenvalue weighted by Gasteiger charge is -2.23. The van der Waals surface area contributed by atoms with Gasteiger partial charge in [0.05, 0.1) is 11.6 Å². The smallest absolute Gasteiger partial charge is 0.301 e. The third kappa shape index (κ3) is 2.94. The summed E-state index contributed by atoms with van der Waals surface area (Å²) in [5, 5.41) is 13.0. The van der Waals surface area contributed by atoms with E-state index in [0.29, 0.717) is 10.7 Å². The van der Waals surface area contributed by atoms with Crippen LogP contribution in [0.5, 0.6) is 0 Å². The minimum absolute atomic E-state index is 0.0743. The van der Waals surface area contributed by atoms with Crippen LogP contribution in [0.25, 0.3) is 5.76 Å². The van der Waals surface area contributed by atoms with E-state index in [9.17, 15) is 14.7 Å². The van der Waals surface area contributed by atoms with Crippen molar-refractivity contribution in [3.63, 3.8) is 0 Å². The lowest BCUT2D eigenvalue weighted by Crippen LogP contribution is -2.29. The maximum atomic E-state index is 12.8. The molecule has 4 rings (SSSR count). The number of aromatic nitrogens is 1. The van der Waals surface area contributed by atoms with E-state index in [1.807, 2.05) is 37.3 Å². The lowest BCUT2D eigenvalue weighted by molar-refractivity contribution is -0.132. The quantitative estimate of drug-likeness (QED) is 0.425. The highest BCUT2D eigenvalue weighted by molar-refractivity contribution is 7.14. The fourth-order valence-corrected chi connectivity index (χ4v) is 3.85. The van der Waals surface area contributed by atoms with E-state index >= 15 is 0 Å². The molecule has 1 fully saturated rings. The van der Waals surface area contributed by atoms with Crippen molar-refractivity contribution in [2.24, 2.45) is 0 Å². The molecule has 0 saturated carbocycles. The van der Waals surface area contributed by atoms with Gasteiger partial charge in [0.2, 0.25) is 0 Å². The molecule has 1 unspecified atom stereocenters. The summed E-state index contributed by atoms with van der Waals surface area (Å²) in [6.45, 7) is 1.96. The molecule has 1 amide bonds. The number of ketones is 1. The van der Waals surface area contributed by atoms with Crippen LogP contribution in [0.3, 0.4) is 0 Å². The number of thiazole rings is 1. The highest BCUT2D eigenvalue weighted by atomic mass is 32.1. The summed E-state index contributed by atoms with van der Waals surface area (Å²) in [7, 11) is 0. The number of aliphatic hydroxyl groups is 1. The normalized spacial score (nSPS) is 18.9. The lowest BCUT2D eigenvalue weighted by atomic mass is 9.95. The molecule has 0 aliphatic carbocycles. The molecule has 2 heterocycles. The first-order chi connectivity index (χ1) is 13.1. The molecule has 0 radical (unpaired) electrons. The Labute approximate surface area is 160 Å². The summed E-state index contributed by atoms with van der Waals surface area (Å²) in [6.07, 6.45) is 1.59. The monoisotopic (exact) mass is 376 g/mol. The predicted octanol–water partition coefficient (Wildman–Crippen LogP) is 4.08. The Balaban J connectivity index is 1.94. The van der Waals surface area contributed by atoms with Crippen LogP contribution in [0, 0.1) is 6.92 Å². The van der Waals surface area contributed by atoms with Gasteiger partial charge in [-0.15, -0.1) is 11.3 Å². The molecule has 1 saturated heterocycles. The Bertz CT molecular complexity index is 1030. The van der Waals surface area contributed by atoms with Gasteiger partial charge in [-0.3, -0.25) is 14.5 Å². The number of rotatable bonds is 3. The van der Waals surface area contributed by atoms with Crippen molar-refractivity contribution in [1.29, 1.82) is 0 Å². The van der Waals surface area contributed by atoms with Crippen LogP contribution < -0.4 is 4.90 Å². The minimum Gasteiger partial charge on any atom is -0.507 e. The zero-order chi connectivity index (χ0) is 19.0. The van der Waals surface area contributed by atoms with Crippen molar-refractivity contribution in [2.75, 3.05) is 4.90 Å². The van der Waals surface area contributed by atoms with Crippen molar-refractivity contribution < 1.29 is 14.7 Å². The Morgan fingerprint density at radius 2 is 1.78 bits per heavy atom. The summed E-state index contributed by atoms with van der Waals surface area (Å²) in [5.74, 6) is -1.58. The Hall–Kier alpha value is -3.25. The van der Waals surface area contributed by atoms with Crippen molar-refractivity contribution in [2.45, 2.75) is 13.0 Å². The average molecular weight is 376 g/mol. The van der Waals surface area contributed by atoms with Crippen LogP contribution in [-0.4, -0.2) is 21.8 Å². The summed E-state index contributed by atoms with van der Waals surface area (Å²) in [5.41, 5.74) is 2.37. The Kier molecular flexibility index (Phi) is 4.33. The number of benzene rings is 2. The number of nitrogens with zero attached hydrogens (tertiary/aromatic N) is 2. The molecule has 134 valence electrons. The maximum Gasteiger partial charge on any atom is 0.301 e. The number of carbonyl (C=O) groups excluding carboxylic acids is 2. The van der Waals surface area contributed by atoms with Crippen LogP contribution in [-0.2, 0) is 9.59 Å². The van der Waals surface area contributed by atoms with Crippen molar-refractivity contribution in [1.82, 2.24) is 4.98 Å². The highest BCUT2D eigenvalue weighted by Crippen LogP contribution is 2.42. The largest absolute Gasteiger partial charge is 0.507 e. The predicted molar refractivity (Wildman–Crippen MR) is 105 cm³/mol. The molecule has 2 aromatic carbocycles. The van der Waals surface area contributed by atoms with Gasteiger partial charge < -0.3 is 5.11 Å². The fourth-order valence-electron chi connectivity index (χ4n) is 3.18. The molecular weight excluding hydrogens is 360 g/mol. The third-order valence-corrected chi connectivity index (χ3v) is 5.28. The molecule has 0 spiro atoms. The number of hydrogen-bond acceptors (Lipinski definition) is 5. The van der Waals surface area contributed by atoms with E-state index < -0.39 is 17.7 Å². The highest BCUT2D eigenvalue weighted by Gasteiger charge is 2.47. The zero-order valence-electron chi connectivity index (χ0n) is 14.5. The van der Waals surface area contributed by atoms with E-state index in [4.69, 9.17) is 0 Å². The molecule has 1 aliphatic rings. The van der Waals surface area contributed by atoms with Gasteiger partial charge in [-0.05, 0) is 12.5 Å². The van der Waals surface area contributed by atoms with E-state index in [-0.39, 0.29) is 11.3 Å². The number of Topliss-reactive ketones (excluding diaryl/α,β-unsaturated/α-hetero) is 1. The number of aliphatic hydroxyl groups excluding tert-OH is 1. The van der Waals surface area contributed by atoms with Gasteiger partial charge in [-0.1, -0.05) is 60.2 Å². The van der Waals surface area contributed by atoms with Crippen molar-refractivity contribution in [3.05, 3.63) is 88.4 Å². The average Bonchev–Trinajstić information content (AvgIpc) is 3.30. The van der Waals surface area contributed by atoms with Gasteiger partial charge >= 0.3 is 5.91 Å². The third-order valence-electron chi connectivity index (χ3n) is 4.51. The molecule has 0 bridgehead atoms. The first kappa shape index (κ1) is 17.2. The summed E-state index contributed by atoms with van der Waals surface area (Å²) in [4.78, 5) is 31.2. The molecule has 1 aromatic heterocycles. The van der Waals surface area contributed by atoms with Gasteiger partial charge in [0.1, 0.15) is 5.76 Å². The molecular formula is C21H16N2O3S. The minimum atomic E-state index is -0.725. The second kappa shape index (κ2) is 6.81. The molecule has 1 aliphatic heterocycles. The standard InChI is InChI=1S/C21H16N2O3S/c1-13-7-9-14(10-8-13)17-16(18(24)15-5-3-2-4-6-15)19(25)20(26)23(17)21-22-11-12-27-21/h2-12,17,24H,1H3/b18-16+. The fraction of sp³-hybridized carbons (Fsp3) is 0.0952. The summed E-state index contributed by atoms with van der Waals surface area (Å²) in [6, 6.07) is 15.6. The number of anilines is 1. The van der Waals surface area contributed by atoms with Gasteiger partial charge in [-0.2, -0.15) is 0 Å². The summed E-state index contributed by atoms with van der Waals surface area (Å²) < 4.78 is 0. The molecule has 1 atom stereocenters. The van der Waals surface area contributed by atoms with Crippen LogP contribution in [0.1, 0.15) is 22.7 Å². The van der Waals surface area contributed by atoms with Crippen LogP contribution in [0.2, 0.25) is 0 Å². The van der Waals surface area contributed by atoms with E-state index in [2.05, 4.69) is 4.98 Å². The second-order valence-electron chi connectivity index (χ2n) is 6.26. The number of amides is 1. The molecule has 1 N–H and O–H groups in total.